The van der Waals surface area contributed by atoms with Gasteiger partial charge in [0.15, 0.2) is 0 Å². The highest BCUT2D eigenvalue weighted by atomic mass is 16.1. The van der Waals surface area contributed by atoms with Crippen LogP contribution in [-0.2, 0) is 11.2 Å². The zero-order valence-corrected chi connectivity index (χ0v) is 9.78. The van der Waals surface area contributed by atoms with Crippen LogP contribution in [0, 0.1) is 0 Å². The predicted molar refractivity (Wildman–Crippen MR) is 64.7 cm³/mol. The average molecular weight is 218 g/mol. The van der Waals surface area contributed by atoms with E-state index in [1.807, 2.05) is 18.3 Å². The zero-order valence-electron chi connectivity index (χ0n) is 9.78. The standard InChI is InChI=1S/C13H18N2O/c1-11(16)9-12-5-6-14-13(10-12)15-7-3-2-4-8-15/h5-6,10H,2-4,7-9H2,1H3. The summed E-state index contributed by atoms with van der Waals surface area (Å²) in [6, 6.07) is 3.97. The Bertz CT molecular complexity index is 370. The van der Waals surface area contributed by atoms with Gasteiger partial charge in [-0.3, -0.25) is 4.79 Å². The van der Waals surface area contributed by atoms with Crippen LogP contribution in [0.25, 0.3) is 0 Å². The van der Waals surface area contributed by atoms with Crippen LogP contribution in [0.2, 0.25) is 0 Å². The highest BCUT2D eigenvalue weighted by Gasteiger charge is 2.12. The highest BCUT2D eigenvalue weighted by Crippen LogP contribution is 2.18. The number of ketones is 1. The number of hydrogen-bond donors (Lipinski definition) is 0. The molecule has 0 unspecified atom stereocenters. The van der Waals surface area contributed by atoms with Crippen LogP contribution >= 0.6 is 0 Å². The van der Waals surface area contributed by atoms with Crippen molar-refractivity contribution >= 4 is 11.6 Å². The number of Topliss-reactive ketones (excluding diaryl/α,β-unsaturated/α-hetero) is 1. The minimum atomic E-state index is 0.204. The van der Waals surface area contributed by atoms with Crippen molar-refractivity contribution < 1.29 is 4.79 Å². The number of rotatable bonds is 3. The SMILES string of the molecule is CC(=O)Cc1ccnc(N2CCCCC2)c1. The van der Waals surface area contributed by atoms with Gasteiger partial charge in [-0.1, -0.05) is 0 Å². The van der Waals surface area contributed by atoms with E-state index in [9.17, 15) is 4.79 Å². The van der Waals surface area contributed by atoms with Crippen molar-refractivity contribution in [2.45, 2.75) is 32.6 Å². The normalized spacial score (nSPS) is 16.2. The number of carbonyl (C=O) groups excluding carboxylic acids is 1. The Morgan fingerprint density at radius 3 is 2.81 bits per heavy atom. The van der Waals surface area contributed by atoms with Gasteiger partial charge in [-0.15, -0.1) is 0 Å². The topological polar surface area (TPSA) is 33.2 Å². The van der Waals surface area contributed by atoms with Crippen molar-refractivity contribution in [3.63, 3.8) is 0 Å². The predicted octanol–water partition coefficient (Wildman–Crippen LogP) is 2.20. The lowest BCUT2D eigenvalue weighted by atomic mass is 10.1. The number of carbonyl (C=O) groups is 1. The molecule has 1 aromatic heterocycles. The first-order valence-corrected chi connectivity index (χ1v) is 5.95. The molecule has 0 aromatic carbocycles. The van der Waals surface area contributed by atoms with Gasteiger partial charge in [-0.25, -0.2) is 4.98 Å². The fraction of sp³-hybridized carbons (Fsp3) is 0.538. The van der Waals surface area contributed by atoms with Crippen LogP contribution < -0.4 is 4.90 Å². The van der Waals surface area contributed by atoms with E-state index in [4.69, 9.17) is 0 Å². The maximum Gasteiger partial charge on any atom is 0.134 e. The minimum Gasteiger partial charge on any atom is -0.357 e. The molecule has 1 aromatic rings. The summed E-state index contributed by atoms with van der Waals surface area (Å²) in [6.45, 7) is 3.81. The van der Waals surface area contributed by atoms with Crippen molar-refractivity contribution in [2.24, 2.45) is 0 Å². The molecule has 0 saturated carbocycles. The van der Waals surface area contributed by atoms with Crippen molar-refractivity contribution in [2.75, 3.05) is 18.0 Å². The number of nitrogens with zero attached hydrogens (tertiary/aromatic N) is 2. The first-order valence-electron chi connectivity index (χ1n) is 5.95. The van der Waals surface area contributed by atoms with Crippen molar-refractivity contribution in [3.8, 4) is 0 Å². The maximum absolute atomic E-state index is 11.1. The van der Waals surface area contributed by atoms with Crippen molar-refractivity contribution in [1.82, 2.24) is 4.98 Å². The lowest BCUT2D eigenvalue weighted by molar-refractivity contribution is -0.116. The summed E-state index contributed by atoms with van der Waals surface area (Å²) in [5.74, 6) is 1.23. The molecule has 3 heteroatoms. The molecule has 0 radical (unpaired) electrons. The van der Waals surface area contributed by atoms with Gasteiger partial charge in [0.2, 0.25) is 0 Å². The molecule has 0 atom stereocenters. The second-order valence-electron chi connectivity index (χ2n) is 4.45. The molecular formula is C13H18N2O. The third-order valence-corrected chi connectivity index (χ3v) is 2.94. The van der Waals surface area contributed by atoms with Crippen LogP contribution in [0.5, 0.6) is 0 Å². The molecule has 0 aliphatic carbocycles. The number of aromatic nitrogens is 1. The van der Waals surface area contributed by atoms with E-state index < -0.39 is 0 Å². The molecule has 86 valence electrons. The van der Waals surface area contributed by atoms with Gasteiger partial charge in [0, 0.05) is 25.7 Å². The summed E-state index contributed by atoms with van der Waals surface area (Å²) < 4.78 is 0. The number of hydrogen-bond acceptors (Lipinski definition) is 3. The number of pyridine rings is 1. The molecule has 1 aliphatic rings. The van der Waals surface area contributed by atoms with E-state index in [-0.39, 0.29) is 5.78 Å². The third kappa shape index (κ3) is 2.81. The molecular weight excluding hydrogens is 200 g/mol. The second kappa shape index (κ2) is 5.10. The first-order chi connectivity index (χ1) is 7.75. The Kier molecular flexibility index (Phi) is 3.54. The van der Waals surface area contributed by atoms with Gasteiger partial charge >= 0.3 is 0 Å². The van der Waals surface area contributed by atoms with E-state index in [0.717, 1.165) is 24.5 Å². The van der Waals surface area contributed by atoms with Gasteiger partial charge in [0.1, 0.15) is 11.6 Å². The molecule has 0 amide bonds. The van der Waals surface area contributed by atoms with Crippen LogP contribution in [0.1, 0.15) is 31.7 Å². The summed E-state index contributed by atoms with van der Waals surface area (Å²) in [5.41, 5.74) is 1.07. The lowest BCUT2D eigenvalue weighted by Crippen LogP contribution is -2.30. The number of anilines is 1. The maximum atomic E-state index is 11.1. The summed E-state index contributed by atoms with van der Waals surface area (Å²) in [6.07, 6.45) is 6.15. The van der Waals surface area contributed by atoms with E-state index in [1.54, 1.807) is 6.92 Å². The minimum absolute atomic E-state index is 0.204. The van der Waals surface area contributed by atoms with Gasteiger partial charge in [-0.2, -0.15) is 0 Å². The van der Waals surface area contributed by atoms with Gasteiger partial charge in [0.25, 0.3) is 0 Å². The Labute approximate surface area is 96.5 Å². The molecule has 1 fully saturated rings. The van der Waals surface area contributed by atoms with Crippen LogP contribution in [0.15, 0.2) is 18.3 Å². The average Bonchev–Trinajstić information content (AvgIpc) is 2.30. The van der Waals surface area contributed by atoms with E-state index in [1.165, 1.54) is 19.3 Å². The third-order valence-electron chi connectivity index (χ3n) is 2.94. The van der Waals surface area contributed by atoms with Crippen molar-refractivity contribution in [1.29, 1.82) is 0 Å². The zero-order chi connectivity index (χ0) is 11.4. The Hall–Kier alpha value is -1.38. The lowest BCUT2D eigenvalue weighted by Gasteiger charge is -2.27. The van der Waals surface area contributed by atoms with Crippen LogP contribution in [0.4, 0.5) is 5.82 Å². The smallest absolute Gasteiger partial charge is 0.134 e. The summed E-state index contributed by atoms with van der Waals surface area (Å²) in [4.78, 5) is 17.8. The molecule has 2 rings (SSSR count). The highest BCUT2D eigenvalue weighted by molar-refractivity contribution is 5.78. The van der Waals surface area contributed by atoms with E-state index in [0.29, 0.717) is 6.42 Å². The molecule has 16 heavy (non-hydrogen) atoms. The second-order valence-corrected chi connectivity index (χ2v) is 4.45. The van der Waals surface area contributed by atoms with Crippen LogP contribution in [0.3, 0.4) is 0 Å². The molecule has 1 aliphatic heterocycles. The molecule has 0 bridgehead atoms. The van der Waals surface area contributed by atoms with Gasteiger partial charge < -0.3 is 4.90 Å². The van der Waals surface area contributed by atoms with Crippen molar-refractivity contribution in [3.05, 3.63) is 23.9 Å². The fourth-order valence-electron chi connectivity index (χ4n) is 2.15. The van der Waals surface area contributed by atoms with Crippen LogP contribution in [-0.4, -0.2) is 23.9 Å². The van der Waals surface area contributed by atoms with E-state index in [2.05, 4.69) is 9.88 Å². The molecule has 0 N–H and O–H groups in total. The molecule has 0 spiro atoms. The van der Waals surface area contributed by atoms with Gasteiger partial charge in [-0.05, 0) is 43.9 Å². The summed E-state index contributed by atoms with van der Waals surface area (Å²) in [5, 5.41) is 0. The quantitative estimate of drug-likeness (QED) is 0.779. The van der Waals surface area contributed by atoms with Gasteiger partial charge in [0.05, 0.1) is 0 Å². The monoisotopic (exact) mass is 218 g/mol. The number of piperidine rings is 1. The Balaban J connectivity index is 2.11. The first kappa shape index (κ1) is 11.1. The molecule has 1 saturated heterocycles. The Morgan fingerprint density at radius 2 is 2.12 bits per heavy atom. The fourth-order valence-corrected chi connectivity index (χ4v) is 2.15. The largest absolute Gasteiger partial charge is 0.357 e. The molecule has 2 heterocycles. The van der Waals surface area contributed by atoms with E-state index >= 15 is 0 Å². The Morgan fingerprint density at radius 1 is 1.38 bits per heavy atom. The molecule has 3 nitrogen and oxygen atoms in total. The summed E-state index contributed by atoms with van der Waals surface area (Å²) >= 11 is 0. The summed E-state index contributed by atoms with van der Waals surface area (Å²) in [7, 11) is 0.